The van der Waals surface area contributed by atoms with Crippen LogP contribution < -0.4 is 10.1 Å². The number of nitrogens with one attached hydrogen (secondary N) is 1. The second-order valence-corrected chi connectivity index (χ2v) is 6.28. The minimum absolute atomic E-state index is 0.182. The molecule has 0 aliphatic heterocycles. The van der Waals surface area contributed by atoms with E-state index >= 15 is 0 Å². The zero-order valence-electron chi connectivity index (χ0n) is 15.0. The van der Waals surface area contributed by atoms with Crippen molar-refractivity contribution in [2.75, 3.05) is 12.4 Å². The summed E-state index contributed by atoms with van der Waals surface area (Å²) in [6.45, 7) is 3.75. The summed E-state index contributed by atoms with van der Waals surface area (Å²) in [6, 6.07) is 19.0. The number of amides is 1. The minimum Gasteiger partial charge on any atom is -0.496 e. The number of hydrogen-bond acceptors (Lipinski definition) is 3. The van der Waals surface area contributed by atoms with E-state index in [9.17, 15) is 4.79 Å². The summed E-state index contributed by atoms with van der Waals surface area (Å²) < 4.78 is 11.2. The number of furan rings is 1. The molecule has 0 saturated carbocycles. The Labute approximate surface area is 157 Å². The number of anilines is 1. The van der Waals surface area contributed by atoms with Crippen molar-refractivity contribution in [3.05, 3.63) is 84.4 Å². The van der Waals surface area contributed by atoms with Crippen molar-refractivity contribution in [1.29, 1.82) is 0 Å². The quantitative estimate of drug-likeness (QED) is 0.475. The highest BCUT2D eigenvalue weighted by Crippen LogP contribution is 2.30. The van der Waals surface area contributed by atoms with Crippen molar-refractivity contribution < 1.29 is 13.9 Å². The Morgan fingerprint density at radius 2 is 1.89 bits per heavy atom. The molecule has 134 valence electrons. The Bertz CT molecular complexity index is 1160. The van der Waals surface area contributed by atoms with Crippen LogP contribution in [0, 0.1) is 0 Å². The van der Waals surface area contributed by atoms with Crippen molar-refractivity contribution in [2.24, 2.45) is 0 Å². The van der Waals surface area contributed by atoms with Gasteiger partial charge in [0.15, 0.2) is 0 Å². The summed E-state index contributed by atoms with van der Waals surface area (Å²) >= 11 is 0. The summed E-state index contributed by atoms with van der Waals surface area (Å²) in [5, 5.41) is 5.03. The number of carbonyl (C=O) groups is 1. The molecule has 0 spiro atoms. The highest BCUT2D eigenvalue weighted by atomic mass is 16.5. The van der Waals surface area contributed by atoms with Gasteiger partial charge in [-0.05, 0) is 48.4 Å². The molecule has 3 aromatic carbocycles. The number of para-hydroxylation sites is 1. The van der Waals surface area contributed by atoms with Gasteiger partial charge in [0.05, 0.1) is 7.11 Å². The largest absolute Gasteiger partial charge is 0.496 e. The van der Waals surface area contributed by atoms with Gasteiger partial charge in [0.1, 0.15) is 16.9 Å². The molecule has 4 rings (SSSR count). The van der Waals surface area contributed by atoms with Crippen LogP contribution in [0.2, 0.25) is 0 Å². The van der Waals surface area contributed by atoms with E-state index in [4.69, 9.17) is 9.15 Å². The third kappa shape index (κ3) is 3.17. The first-order chi connectivity index (χ1) is 13.2. The van der Waals surface area contributed by atoms with Gasteiger partial charge in [0.25, 0.3) is 5.91 Å². The minimum atomic E-state index is -0.182. The van der Waals surface area contributed by atoms with E-state index in [1.807, 2.05) is 48.5 Å². The second kappa shape index (κ2) is 7.00. The molecule has 4 aromatic rings. The number of carbonyl (C=O) groups excluding carboxylic acids is 1. The summed E-state index contributed by atoms with van der Waals surface area (Å²) in [6.07, 6.45) is 2.42. The third-order valence-electron chi connectivity index (χ3n) is 4.54. The van der Waals surface area contributed by atoms with Crippen LogP contribution in [0.5, 0.6) is 5.75 Å². The molecule has 0 unspecified atom stereocenters. The molecule has 0 bridgehead atoms. The summed E-state index contributed by atoms with van der Waals surface area (Å²) in [4.78, 5) is 12.7. The molecule has 0 saturated heterocycles. The molecule has 0 aliphatic rings. The van der Waals surface area contributed by atoms with Gasteiger partial charge in [-0.2, -0.15) is 0 Å². The van der Waals surface area contributed by atoms with Crippen LogP contribution in [0.3, 0.4) is 0 Å². The lowest BCUT2D eigenvalue weighted by atomic mass is 10.1. The van der Waals surface area contributed by atoms with E-state index in [0.717, 1.165) is 33.3 Å². The molecule has 1 heterocycles. The predicted molar refractivity (Wildman–Crippen MR) is 109 cm³/mol. The molecular weight excluding hydrogens is 338 g/mol. The first-order valence-electron chi connectivity index (χ1n) is 8.70. The lowest BCUT2D eigenvalue weighted by Gasteiger charge is -2.10. The van der Waals surface area contributed by atoms with Crippen molar-refractivity contribution in [3.8, 4) is 5.75 Å². The number of allylic oxidation sites excluding steroid dienone is 1. The van der Waals surface area contributed by atoms with Crippen LogP contribution in [-0.4, -0.2) is 13.0 Å². The number of ether oxygens (including phenoxy) is 1. The molecule has 0 radical (unpaired) electrons. The molecule has 0 aliphatic carbocycles. The van der Waals surface area contributed by atoms with E-state index in [-0.39, 0.29) is 5.91 Å². The topological polar surface area (TPSA) is 51.5 Å². The molecule has 1 aromatic heterocycles. The Hall–Kier alpha value is -3.53. The lowest BCUT2D eigenvalue weighted by Crippen LogP contribution is -2.12. The fraction of sp³-hybridized carbons (Fsp3) is 0.0870. The van der Waals surface area contributed by atoms with Crippen LogP contribution in [0.4, 0.5) is 5.69 Å². The Morgan fingerprint density at radius 3 is 2.70 bits per heavy atom. The molecule has 4 nitrogen and oxygen atoms in total. The Balaban J connectivity index is 1.63. The fourth-order valence-corrected chi connectivity index (χ4v) is 3.24. The molecular formula is C23H19NO3. The highest BCUT2D eigenvalue weighted by Gasteiger charge is 2.12. The Morgan fingerprint density at radius 1 is 1.07 bits per heavy atom. The summed E-state index contributed by atoms with van der Waals surface area (Å²) in [7, 11) is 1.62. The average Bonchev–Trinajstić information content (AvgIpc) is 3.06. The van der Waals surface area contributed by atoms with Crippen molar-refractivity contribution >= 4 is 33.5 Å². The van der Waals surface area contributed by atoms with E-state index < -0.39 is 0 Å². The normalized spacial score (nSPS) is 10.9. The van der Waals surface area contributed by atoms with Gasteiger partial charge in [-0.25, -0.2) is 0 Å². The van der Waals surface area contributed by atoms with Gasteiger partial charge in [-0.1, -0.05) is 24.3 Å². The zero-order valence-corrected chi connectivity index (χ0v) is 15.0. The lowest BCUT2D eigenvalue weighted by molar-refractivity contribution is 0.102. The number of fused-ring (bicyclic) bond motifs is 3. The van der Waals surface area contributed by atoms with Crippen LogP contribution in [0.1, 0.15) is 15.9 Å². The third-order valence-corrected chi connectivity index (χ3v) is 4.54. The highest BCUT2D eigenvalue weighted by molar-refractivity contribution is 6.08. The van der Waals surface area contributed by atoms with Crippen molar-refractivity contribution in [1.82, 2.24) is 0 Å². The maximum absolute atomic E-state index is 12.7. The van der Waals surface area contributed by atoms with Gasteiger partial charge in [-0.3, -0.25) is 4.79 Å². The second-order valence-electron chi connectivity index (χ2n) is 6.28. The first kappa shape index (κ1) is 16.9. The van der Waals surface area contributed by atoms with E-state index in [0.29, 0.717) is 17.7 Å². The van der Waals surface area contributed by atoms with E-state index in [1.54, 1.807) is 25.3 Å². The van der Waals surface area contributed by atoms with Gasteiger partial charge in [0, 0.05) is 28.1 Å². The number of rotatable bonds is 5. The van der Waals surface area contributed by atoms with Crippen LogP contribution in [0.15, 0.2) is 77.7 Å². The molecule has 27 heavy (non-hydrogen) atoms. The molecule has 1 N–H and O–H groups in total. The first-order valence-corrected chi connectivity index (χ1v) is 8.70. The molecule has 0 fully saturated rings. The number of methoxy groups -OCH3 is 1. The van der Waals surface area contributed by atoms with Gasteiger partial charge < -0.3 is 14.5 Å². The summed E-state index contributed by atoms with van der Waals surface area (Å²) in [5.41, 5.74) is 3.76. The molecule has 4 heteroatoms. The maximum atomic E-state index is 12.7. The number of benzene rings is 3. The fourth-order valence-electron chi connectivity index (χ4n) is 3.24. The van der Waals surface area contributed by atoms with Gasteiger partial charge in [0.2, 0.25) is 0 Å². The van der Waals surface area contributed by atoms with Crippen LogP contribution in [0.25, 0.3) is 21.9 Å². The predicted octanol–water partition coefficient (Wildman–Crippen LogP) is 5.58. The van der Waals surface area contributed by atoms with Crippen molar-refractivity contribution in [2.45, 2.75) is 6.42 Å². The number of hydrogen-bond donors (Lipinski definition) is 1. The monoisotopic (exact) mass is 357 g/mol. The van der Waals surface area contributed by atoms with E-state index in [2.05, 4.69) is 11.9 Å². The zero-order chi connectivity index (χ0) is 18.8. The van der Waals surface area contributed by atoms with Crippen LogP contribution >= 0.6 is 0 Å². The molecule has 0 atom stereocenters. The standard InChI is InChI=1S/C23H19NO3/c1-3-6-15-13-16(9-12-20(15)26-2)23(25)24-17-10-11-19-18-7-4-5-8-21(18)27-22(19)14-17/h3-5,7-14H,1,6H2,2H3,(H,24,25). The van der Waals surface area contributed by atoms with Gasteiger partial charge >= 0.3 is 0 Å². The smallest absolute Gasteiger partial charge is 0.255 e. The van der Waals surface area contributed by atoms with E-state index in [1.165, 1.54) is 0 Å². The van der Waals surface area contributed by atoms with Crippen LogP contribution in [-0.2, 0) is 6.42 Å². The van der Waals surface area contributed by atoms with Crippen molar-refractivity contribution in [3.63, 3.8) is 0 Å². The summed E-state index contributed by atoms with van der Waals surface area (Å²) in [5.74, 6) is 0.563. The SMILES string of the molecule is C=CCc1cc(C(=O)Nc2ccc3c(c2)oc2ccccc23)ccc1OC. The average molecular weight is 357 g/mol. The maximum Gasteiger partial charge on any atom is 0.255 e. The Kier molecular flexibility index (Phi) is 4.38. The molecule has 1 amide bonds. The van der Waals surface area contributed by atoms with Gasteiger partial charge in [-0.15, -0.1) is 6.58 Å².